The second kappa shape index (κ2) is 5.80. The molecule has 2 unspecified atom stereocenters. The zero-order valence-electron chi connectivity index (χ0n) is 12.7. The highest BCUT2D eigenvalue weighted by atomic mass is 16.5. The van der Waals surface area contributed by atoms with Crippen LogP contribution in [0.2, 0.25) is 0 Å². The van der Waals surface area contributed by atoms with Crippen molar-refractivity contribution in [3.8, 4) is 0 Å². The van der Waals surface area contributed by atoms with Gasteiger partial charge in [-0.3, -0.25) is 10.1 Å². The molecular formula is C15H28N2O2. The van der Waals surface area contributed by atoms with E-state index < -0.39 is 0 Å². The number of rotatable bonds is 4. The van der Waals surface area contributed by atoms with Gasteiger partial charge in [-0.25, -0.2) is 0 Å². The number of hydrogen-bond acceptors (Lipinski definition) is 3. The van der Waals surface area contributed by atoms with Crippen LogP contribution in [0.3, 0.4) is 0 Å². The van der Waals surface area contributed by atoms with Crippen molar-refractivity contribution in [2.45, 2.75) is 71.1 Å². The summed E-state index contributed by atoms with van der Waals surface area (Å²) in [4.78, 5) is 14.5. The Balaban J connectivity index is 2.05. The average Bonchev–Trinajstić information content (AvgIpc) is 2.80. The number of hydrogen-bond donors (Lipinski definition) is 1. The van der Waals surface area contributed by atoms with Crippen LogP contribution in [-0.2, 0) is 9.53 Å². The predicted octanol–water partition coefficient (Wildman–Crippen LogP) is 2.14. The molecular weight excluding hydrogens is 240 g/mol. The highest BCUT2D eigenvalue weighted by molar-refractivity contribution is 5.84. The first kappa shape index (κ1) is 14.8. The number of nitrogens with zero attached hydrogens (tertiary/aromatic N) is 1. The van der Waals surface area contributed by atoms with Gasteiger partial charge in [-0.2, -0.15) is 0 Å². The zero-order valence-corrected chi connectivity index (χ0v) is 12.7. The third-order valence-corrected chi connectivity index (χ3v) is 4.89. The summed E-state index contributed by atoms with van der Waals surface area (Å²) in [6, 6.07) is 0.345. The Morgan fingerprint density at radius 2 is 2.11 bits per heavy atom. The molecule has 4 nitrogen and oxygen atoms in total. The topological polar surface area (TPSA) is 41.6 Å². The Morgan fingerprint density at radius 1 is 1.42 bits per heavy atom. The molecule has 0 aromatic carbocycles. The van der Waals surface area contributed by atoms with E-state index in [-0.39, 0.29) is 17.6 Å². The fourth-order valence-corrected chi connectivity index (χ4v) is 3.38. The molecule has 0 saturated carbocycles. The minimum Gasteiger partial charge on any atom is -0.375 e. The first-order valence-electron chi connectivity index (χ1n) is 7.71. The monoisotopic (exact) mass is 268 g/mol. The normalized spacial score (nSPS) is 31.2. The molecule has 0 spiro atoms. The zero-order chi connectivity index (χ0) is 14.0. The van der Waals surface area contributed by atoms with E-state index in [0.717, 1.165) is 32.3 Å². The molecule has 0 bridgehead atoms. The van der Waals surface area contributed by atoms with Crippen molar-refractivity contribution in [1.82, 2.24) is 10.2 Å². The molecule has 2 atom stereocenters. The van der Waals surface area contributed by atoms with E-state index in [1.165, 1.54) is 0 Å². The van der Waals surface area contributed by atoms with Crippen LogP contribution in [0.5, 0.6) is 0 Å². The molecule has 0 aromatic rings. The molecule has 2 aliphatic rings. The van der Waals surface area contributed by atoms with Gasteiger partial charge in [0.15, 0.2) is 0 Å². The lowest BCUT2D eigenvalue weighted by molar-refractivity contribution is -0.141. The van der Waals surface area contributed by atoms with Crippen molar-refractivity contribution in [3.63, 3.8) is 0 Å². The highest BCUT2D eigenvalue weighted by Crippen LogP contribution is 2.34. The second-order valence-electron chi connectivity index (χ2n) is 6.28. The molecule has 4 heteroatoms. The molecule has 19 heavy (non-hydrogen) atoms. The van der Waals surface area contributed by atoms with Crippen molar-refractivity contribution < 1.29 is 9.53 Å². The summed E-state index contributed by atoms with van der Waals surface area (Å²) in [7, 11) is 0. The van der Waals surface area contributed by atoms with Crippen molar-refractivity contribution in [2.24, 2.45) is 5.92 Å². The Hall–Kier alpha value is -0.610. The van der Waals surface area contributed by atoms with Crippen LogP contribution in [0.15, 0.2) is 0 Å². The van der Waals surface area contributed by atoms with E-state index in [9.17, 15) is 4.79 Å². The van der Waals surface area contributed by atoms with Gasteiger partial charge in [0.2, 0.25) is 5.91 Å². The summed E-state index contributed by atoms with van der Waals surface area (Å²) in [5.41, 5.74) is -0.0148. The van der Waals surface area contributed by atoms with Crippen molar-refractivity contribution in [1.29, 1.82) is 0 Å². The first-order chi connectivity index (χ1) is 9.03. The summed E-state index contributed by atoms with van der Waals surface area (Å²) in [5, 5.41) is 3.35. The van der Waals surface area contributed by atoms with E-state index in [2.05, 4.69) is 33.0 Å². The maximum atomic E-state index is 12.5. The standard InChI is InChI=1S/C15H28N2O2/c1-5-15(6-2)9-12(7-8-19-15)17-10-16-13(11(3)4)14(17)18/h11-13,16H,5-10H2,1-4H3. The third-order valence-electron chi connectivity index (χ3n) is 4.89. The maximum absolute atomic E-state index is 12.5. The minimum absolute atomic E-state index is 0.000461. The van der Waals surface area contributed by atoms with Crippen LogP contribution >= 0.6 is 0 Å². The first-order valence-corrected chi connectivity index (χ1v) is 7.71. The van der Waals surface area contributed by atoms with Crippen molar-refractivity contribution >= 4 is 5.91 Å². The lowest BCUT2D eigenvalue weighted by Crippen LogP contribution is -2.49. The lowest BCUT2D eigenvalue weighted by Gasteiger charge is -2.43. The maximum Gasteiger partial charge on any atom is 0.241 e. The van der Waals surface area contributed by atoms with Crippen LogP contribution in [0, 0.1) is 5.92 Å². The molecule has 110 valence electrons. The largest absolute Gasteiger partial charge is 0.375 e. The van der Waals surface area contributed by atoms with Gasteiger partial charge >= 0.3 is 0 Å². The fourth-order valence-electron chi connectivity index (χ4n) is 3.38. The molecule has 0 aliphatic carbocycles. The Labute approximate surface area is 116 Å². The summed E-state index contributed by atoms with van der Waals surface area (Å²) >= 11 is 0. The quantitative estimate of drug-likeness (QED) is 0.849. The van der Waals surface area contributed by atoms with Gasteiger partial charge in [0.25, 0.3) is 0 Å². The SMILES string of the molecule is CCC1(CC)CC(N2CNC(C(C)C)C2=O)CCO1. The Bertz CT molecular complexity index is 326. The van der Waals surface area contributed by atoms with Crippen LogP contribution < -0.4 is 5.32 Å². The van der Waals surface area contributed by atoms with Gasteiger partial charge in [0.1, 0.15) is 0 Å². The van der Waals surface area contributed by atoms with Crippen molar-refractivity contribution in [3.05, 3.63) is 0 Å². The van der Waals surface area contributed by atoms with Crippen LogP contribution in [0.1, 0.15) is 53.4 Å². The van der Waals surface area contributed by atoms with Gasteiger partial charge in [0, 0.05) is 12.6 Å². The number of amides is 1. The smallest absolute Gasteiger partial charge is 0.241 e. The molecule has 1 amide bonds. The number of carbonyl (C=O) groups is 1. The van der Waals surface area contributed by atoms with Crippen LogP contribution in [0.4, 0.5) is 0 Å². The number of nitrogens with one attached hydrogen (secondary N) is 1. The molecule has 0 radical (unpaired) electrons. The van der Waals surface area contributed by atoms with E-state index in [4.69, 9.17) is 4.74 Å². The van der Waals surface area contributed by atoms with E-state index in [1.54, 1.807) is 0 Å². The van der Waals surface area contributed by atoms with Gasteiger partial charge < -0.3 is 9.64 Å². The predicted molar refractivity (Wildman–Crippen MR) is 75.8 cm³/mol. The lowest BCUT2D eigenvalue weighted by atomic mass is 9.85. The van der Waals surface area contributed by atoms with E-state index in [1.807, 2.05) is 4.90 Å². The summed E-state index contributed by atoms with van der Waals surface area (Å²) < 4.78 is 6.00. The van der Waals surface area contributed by atoms with E-state index in [0.29, 0.717) is 18.6 Å². The molecule has 1 N–H and O–H groups in total. The molecule has 0 aromatic heterocycles. The van der Waals surface area contributed by atoms with Crippen LogP contribution in [0.25, 0.3) is 0 Å². The van der Waals surface area contributed by atoms with Crippen LogP contribution in [-0.4, -0.2) is 41.8 Å². The summed E-state index contributed by atoms with van der Waals surface area (Å²) in [6.07, 6.45) is 4.02. The molecule has 2 aliphatic heterocycles. The average molecular weight is 268 g/mol. The van der Waals surface area contributed by atoms with Crippen molar-refractivity contribution in [2.75, 3.05) is 13.3 Å². The fraction of sp³-hybridized carbons (Fsp3) is 0.933. The summed E-state index contributed by atoms with van der Waals surface area (Å²) in [5.74, 6) is 0.641. The Morgan fingerprint density at radius 3 is 2.63 bits per heavy atom. The number of ether oxygens (including phenoxy) is 1. The third kappa shape index (κ3) is 2.79. The minimum atomic E-state index is -0.0148. The molecule has 2 fully saturated rings. The van der Waals surface area contributed by atoms with Gasteiger partial charge in [-0.05, 0) is 31.6 Å². The van der Waals surface area contributed by atoms with Gasteiger partial charge in [-0.1, -0.05) is 27.7 Å². The Kier molecular flexibility index (Phi) is 4.51. The second-order valence-corrected chi connectivity index (χ2v) is 6.28. The molecule has 2 heterocycles. The molecule has 2 saturated heterocycles. The molecule has 2 rings (SSSR count). The summed E-state index contributed by atoms with van der Waals surface area (Å²) in [6.45, 7) is 10.1. The van der Waals surface area contributed by atoms with Gasteiger partial charge in [0.05, 0.1) is 18.3 Å². The van der Waals surface area contributed by atoms with E-state index >= 15 is 0 Å². The van der Waals surface area contributed by atoms with Gasteiger partial charge in [-0.15, -0.1) is 0 Å². The number of carbonyl (C=O) groups excluding carboxylic acids is 1. The highest BCUT2D eigenvalue weighted by Gasteiger charge is 2.42.